The van der Waals surface area contributed by atoms with Gasteiger partial charge in [0.2, 0.25) is 5.91 Å². The summed E-state index contributed by atoms with van der Waals surface area (Å²) in [5, 5.41) is 10.4. The predicted molar refractivity (Wildman–Crippen MR) is 121 cm³/mol. The number of carbonyl (C=O) groups is 2. The first kappa shape index (κ1) is 21.0. The highest BCUT2D eigenvalue weighted by Crippen LogP contribution is 2.60. The van der Waals surface area contributed by atoms with Gasteiger partial charge in [0, 0.05) is 13.0 Å². The summed E-state index contributed by atoms with van der Waals surface area (Å²) in [6, 6.07) is 6.87. The monoisotopic (exact) mass is 449 g/mol. The van der Waals surface area contributed by atoms with Crippen LogP contribution in [0.2, 0.25) is 0 Å². The first-order valence-corrected chi connectivity index (χ1v) is 12.3. The molecule has 2 atom stereocenters. The standard InChI is InChI=1S/C26H31N3O4/c1-15-22(28-21-5-3-2-4-20(21)27-15)14-33-24(31)23-9-19(30)13-29(23)25(32)26-10-16-6-17(11-26)8-18(7-16)12-26/h2-5,16-19,23,30H,6-14H2,1H3. The van der Waals surface area contributed by atoms with Crippen molar-refractivity contribution in [2.45, 2.75) is 70.6 Å². The molecule has 1 aliphatic heterocycles. The van der Waals surface area contributed by atoms with Crippen LogP contribution in [0.3, 0.4) is 0 Å². The average molecular weight is 450 g/mol. The summed E-state index contributed by atoms with van der Waals surface area (Å²) in [7, 11) is 0. The SMILES string of the molecule is Cc1nc2ccccc2nc1COC(=O)C1CC(O)CN1C(=O)C12CC3CC(CC(C3)C1)C2. The second-order valence-corrected chi connectivity index (χ2v) is 10.9. The van der Waals surface area contributed by atoms with Crippen molar-refractivity contribution < 1.29 is 19.4 Å². The van der Waals surface area contributed by atoms with E-state index >= 15 is 0 Å². The molecule has 7 nitrogen and oxygen atoms in total. The molecule has 4 saturated carbocycles. The zero-order chi connectivity index (χ0) is 22.7. The number of rotatable bonds is 4. The highest BCUT2D eigenvalue weighted by atomic mass is 16.5. The Labute approximate surface area is 193 Å². The number of nitrogens with zero attached hydrogens (tertiary/aromatic N) is 3. The summed E-state index contributed by atoms with van der Waals surface area (Å²) in [6.45, 7) is 2.08. The number of aliphatic hydroxyl groups excluding tert-OH is 1. The zero-order valence-corrected chi connectivity index (χ0v) is 19.1. The van der Waals surface area contributed by atoms with Crippen LogP contribution in [0.5, 0.6) is 0 Å². The molecule has 7 heteroatoms. The Hall–Kier alpha value is -2.54. The van der Waals surface area contributed by atoms with Crippen LogP contribution in [0.4, 0.5) is 0 Å². The van der Waals surface area contributed by atoms with Crippen LogP contribution in [0.25, 0.3) is 11.0 Å². The van der Waals surface area contributed by atoms with E-state index in [1.807, 2.05) is 31.2 Å². The number of hydrogen-bond donors (Lipinski definition) is 1. The fraction of sp³-hybridized carbons (Fsp3) is 0.615. The Bertz CT molecular complexity index is 1080. The van der Waals surface area contributed by atoms with Gasteiger partial charge in [-0.1, -0.05) is 12.1 Å². The molecule has 5 fully saturated rings. The first-order valence-electron chi connectivity index (χ1n) is 12.3. The normalized spacial score (nSPS) is 34.7. The third kappa shape index (κ3) is 3.61. The van der Waals surface area contributed by atoms with Crippen LogP contribution >= 0.6 is 0 Å². The number of para-hydroxylation sites is 2. The number of benzene rings is 1. The molecule has 1 amide bonds. The molecule has 2 heterocycles. The number of aliphatic hydroxyl groups is 1. The number of amides is 1. The smallest absolute Gasteiger partial charge is 0.329 e. The minimum Gasteiger partial charge on any atom is -0.458 e. The summed E-state index contributed by atoms with van der Waals surface area (Å²) >= 11 is 0. The molecule has 2 unspecified atom stereocenters. The number of β-amino-alcohol motifs (C(OH)–C–C–N with tert-alkyl or cyclic N) is 1. The van der Waals surface area contributed by atoms with E-state index in [0.29, 0.717) is 23.4 Å². The van der Waals surface area contributed by atoms with E-state index in [4.69, 9.17) is 4.74 Å². The number of hydrogen-bond acceptors (Lipinski definition) is 6. The Kier molecular flexibility index (Phi) is 4.94. The van der Waals surface area contributed by atoms with Gasteiger partial charge in [0.05, 0.1) is 33.9 Å². The van der Waals surface area contributed by atoms with Crippen LogP contribution in [0.15, 0.2) is 24.3 Å². The third-order valence-electron chi connectivity index (χ3n) is 8.50. The largest absolute Gasteiger partial charge is 0.458 e. The van der Waals surface area contributed by atoms with Gasteiger partial charge < -0.3 is 14.7 Å². The summed E-state index contributed by atoms with van der Waals surface area (Å²) < 4.78 is 5.64. The van der Waals surface area contributed by atoms with Crippen molar-refractivity contribution in [3.8, 4) is 0 Å². The molecule has 1 saturated heterocycles. The molecule has 1 aromatic carbocycles. The molecule has 4 bridgehead atoms. The Morgan fingerprint density at radius 3 is 2.27 bits per heavy atom. The van der Waals surface area contributed by atoms with Crippen molar-refractivity contribution >= 4 is 22.9 Å². The molecular formula is C26H31N3O4. The van der Waals surface area contributed by atoms with Gasteiger partial charge in [-0.25, -0.2) is 14.8 Å². The average Bonchev–Trinajstić information content (AvgIpc) is 3.17. The number of fused-ring (bicyclic) bond motifs is 1. The van der Waals surface area contributed by atoms with Crippen molar-refractivity contribution in [3.63, 3.8) is 0 Å². The van der Waals surface area contributed by atoms with Crippen molar-refractivity contribution in [3.05, 3.63) is 35.7 Å². The van der Waals surface area contributed by atoms with Crippen LogP contribution in [-0.4, -0.2) is 50.5 Å². The maximum atomic E-state index is 13.8. The number of likely N-dealkylation sites (tertiary alicyclic amines) is 1. The molecule has 1 N–H and O–H groups in total. The van der Waals surface area contributed by atoms with E-state index < -0.39 is 18.1 Å². The molecule has 4 aliphatic carbocycles. The Morgan fingerprint density at radius 1 is 1.03 bits per heavy atom. The molecule has 0 radical (unpaired) electrons. The van der Waals surface area contributed by atoms with Gasteiger partial charge >= 0.3 is 5.97 Å². The lowest BCUT2D eigenvalue weighted by Crippen LogP contribution is -2.56. The minimum absolute atomic E-state index is 0.00842. The summed E-state index contributed by atoms with van der Waals surface area (Å²) in [5.41, 5.74) is 2.55. The molecule has 7 rings (SSSR count). The third-order valence-corrected chi connectivity index (χ3v) is 8.50. The lowest BCUT2D eigenvalue weighted by atomic mass is 9.49. The maximum absolute atomic E-state index is 13.8. The Balaban J connectivity index is 1.18. The van der Waals surface area contributed by atoms with Gasteiger partial charge in [0.25, 0.3) is 0 Å². The van der Waals surface area contributed by atoms with Crippen molar-refractivity contribution in [1.82, 2.24) is 14.9 Å². The summed E-state index contributed by atoms with van der Waals surface area (Å²) in [6.07, 6.45) is 6.14. The number of esters is 1. The molecular weight excluding hydrogens is 418 g/mol. The van der Waals surface area contributed by atoms with Gasteiger partial charge in [0.15, 0.2) is 0 Å². The second kappa shape index (κ2) is 7.76. The Morgan fingerprint density at radius 2 is 1.64 bits per heavy atom. The van der Waals surface area contributed by atoms with Crippen LogP contribution in [-0.2, 0) is 20.9 Å². The zero-order valence-electron chi connectivity index (χ0n) is 19.1. The van der Waals surface area contributed by atoms with Crippen LogP contribution in [0.1, 0.15) is 56.3 Å². The molecule has 174 valence electrons. The predicted octanol–water partition coefficient (Wildman–Crippen LogP) is 3.16. The van der Waals surface area contributed by atoms with Crippen molar-refractivity contribution in [2.24, 2.45) is 23.2 Å². The maximum Gasteiger partial charge on any atom is 0.329 e. The lowest BCUT2D eigenvalue weighted by Gasteiger charge is -2.56. The fourth-order valence-corrected chi connectivity index (χ4v) is 7.44. The molecule has 2 aromatic rings. The molecule has 0 spiro atoms. The van der Waals surface area contributed by atoms with E-state index in [1.54, 1.807) is 4.90 Å². The second-order valence-electron chi connectivity index (χ2n) is 10.9. The number of carbonyl (C=O) groups excluding carboxylic acids is 2. The van der Waals surface area contributed by atoms with E-state index in [-0.39, 0.29) is 30.9 Å². The van der Waals surface area contributed by atoms with Gasteiger partial charge in [0.1, 0.15) is 12.6 Å². The van der Waals surface area contributed by atoms with E-state index in [9.17, 15) is 14.7 Å². The highest BCUT2D eigenvalue weighted by molar-refractivity contribution is 5.89. The number of aromatic nitrogens is 2. The summed E-state index contributed by atoms with van der Waals surface area (Å²) in [4.78, 5) is 37.7. The van der Waals surface area contributed by atoms with Crippen LogP contribution in [0, 0.1) is 30.1 Å². The van der Waals surface area contributed by atoms with Gasteiger partial charge in [-0.3, -0.25) is 4.79 Å². The quantitative estimate of drug-likeness (QED) is 0.721. The van der Waals surface area contributed by atoms with Gasteiger partial charge in [-0.15, -0.1) is 0 Å². The number of ether oxygens (including phenoxy) is 1. The van der Waals surface area contributed by atoms with Crippen molar-refractivity contribution in [1.29, 1.82) is 0 Å². The van der Waals surface area contributed by atoms with Crippen molar-refractivity contribution in [2.75, 3.05) is 6.54 Å². The van der Waals surface area contributed by atoms with E-state index in [0.717, 1.165) is 36.0 Å². The van der Waals surface area contributed by atoms with E-state index in [1.165, 1.54) is 19.3 Å². The minimum atomic E-state index is -0.728. The molecule has 1 aromatic heterocycles. The van der Waals surface area contributed by atoms with Gasteiger partial charge in [-0.2, -0.15) is 0 Å². The highest BCUT2D eigenvalue weighted by Gasteiger charge is 2.57. The lowest BCUT2D eigenvalue weighted by molar-refractivity contribution is -0.166. The molecule has 33 heavy (non-hydrogen) atoms. The van der Waals surface area contributed by atoms with E-state index in [2.05, 4.69) is 9.97 Å². The number of aryl methyl sites for hydroxylation is 1. The van der Waals surface area contributed by atoms with Gasteiger partial charge in [-0.05, 0) is 75.3 Å². The fourth-order valence-electron chi connectivity index (χ4n) is 7.44. The topological polar surface area (TPSA) is 92.6 Å². The van der Waals surface area contributed by atoms with Crippen LogP contribution < -0.4 is 0 Å². The first-order chi connectivity index (χ1) is 15.9. The summed E-state index contributed by atoms with van der Waals surface area (Å²) in [5.74, 6) is 1.55. The molecule has 5 aliphatic rings.